The van der Waals surface area contributed by atoms with Gasteiger partial charge in [-0.1, -0.05) is 37.5 Å². The van der Waals surface area contributed by atoms with Gasteiger partial charge in [0.15, 0.2) is 5.58 Å². The van der Waals surface area contributed by atoms with Crippen molar-refractivity contribution in [3.05, 3.63) is 48.0 Å². The SMILES string of the molecule is CC(C)(C)OC(=O)N1CCN(Cc2ccc3nc(-c4ccccc4NC(=O)C4CCCCC4)oc3c2)CC1. The molecule has 1 aromatic heterocycles. The number of nitrogens with zero attached hydrogens (tertiary/aromatic N) is 3. The van der Waals surface area contributed by atoms with Gasteiger partial charge in [-0.2, -0.15) is 0 Å². The molecular weight excluding hydrogens is 480 g/mol. The summed E-state index contributed by atoms with van der Waals surface area (Å²) in [5, 5.41) is 3.13. The molecule has 2 aliphatic rings. The zero-order chi connectivity index (χ0) is 26.7. The van der Waals surface area contributed by atoms with Crippen molar-refractivity contribution in [2.75, 3.05) is 31.5 Å². The number of carbonyl (C=O) groups excluding carboxylic acids is 2. The van der Waals surface area contributed by atoms with E-state index < -0.39 is 5.60 Å². The van der Waals surface area contributed by atoms with Crippen LogP contribution in [-0.2, 0) is 16.1 Å². The average Bonchev–Trinajstić information content (AvgIpc) is 3.32. The van der Waals surface area contributed by atoms with Crippen molar-refractivity contribution >= 4 is 28.8 Å². The van der Waals surface area contributed by atoms with E-state index in [9.17, 15) is 9.59 Å². The van der Waals surface area contributed by atoms with E-state index in [0.29, 0.717) is 19.0 Å². The lowest BCUT2D eigenvalue weighted by atomic mass is 9.88. The summed E-state index contributed by atoms with van der Waals surface area (Å²) in [6, 6.07) is 13.8. The second-order valence-electron chi connectivity index (χ2n) is 11.4. The Hall–Kier alpha value is -3.39. The second-order valence-corrected chi connectivity index (χ2v) is 11.4. The van der Waals surface area contributed by atoms with E-state index in [0.717, 1.165) is 73.2 Å². The summed E-state index contributed by atoms with van der Waals surface area (Å²) in [5.74, 6) is 0.666. The number of piperazine rings is 1. The highest BCUT2D eigenvalue weighted by molar-refractivity contribution is 5.96. The summed E-state index contributed by atoms with van der Waals surface area (Å²) in [6.07, 6.45) is 5.11. The normalized spacial score (nSPS) is 17.5. The molecule has 0 spiro atoms. The lowest BCUT2D eigenvalue weighted by Gasteiger charge is -2.35. The third kappa shape index (κ3) is 6.35. The largest absolute Gasteiger partial charge is 0.444 e. The lowest BCUT2D eigenvalue weighted by Crippen LogP contribution is -2.49. The number of carbonyl (C=O) groups is 2. The molecule has 0 bridgehead atoms. The maximum absolute atomic E-state index is 12.9. The van der Waals surface area contributed by atoms with Gasteiger partial charge in [0.2, 0.25) is 11.8 Å². The van der Waals surface area contributed by atoms with Crippen LogP contribution in [-0.4, -0.2) is 58.6 Å². The number of aromatic nitrogens is 1. The number of rotatable bonds is 5. The summed E-state index contributed by atoms with van der Waals surface area (Å²) >= 11 is 0. The van der Waals surface area contributed by atoms with Gasteiger partial charge in [-0.15, -0.1) is 0 Å². The Bertz CT molecular complexity index is 1280. The van der Waals surface area contributed by atoms with Crippen LogP contribution < -0.4 is 5.32 Å². The van der Waals surface area contributed by atoms with Gasteiger partial charge < -0.3 is 19.4 Å². The molecule has 38 heavy (non-hydrogen) atoms. The third-order valence-corrected chi connectivity index (χ3v) is 7.27. The molecule has 1 N–H and O–H groups in total. The fourth-order valence-electron chi connectivity index (χ4n) is 5.23. The molecule has 2 fully saturated rings. The van der Waals surface area contributed by atoms with Crippen molar-refractivity contribution < 1.29 is 18.7 Å². The quantitative estimate of drug-likeness (QED) is 0.441. The zero-order valence-corrected chi connectivity index (χ0v) is 22.7. The van der Waals surface area contributed by atoms with Gasteiger partial charge in [-0.05, 0) is 63.4 Å². The molecule has 0 radical (unpaired) electrons. The Morgan fingerprint density at radius 2 is 1.76 bits per heavy atom. The van der Waals surface area contributed by atoms with E-state index in [4.69, 9.17) is 14.1 Å². The number of ether oxygens (including phenoxy) is 1. The molecule has 2 amide bonds. The van der Waals surface area contributed by atoms with E-state index in [1.54, 1.807) is 4.90 Å². The van der Waals surface area contributed by atoms with Crippen molar-refractivity contribution in [3.63, 3.8) is 0 Å². The number of anilines is 1. The molecule has 2 heterocycles. The lowest BCUT2D eigenvalue weighted by molar-refractivity contribution is -0.120. The Balaban J connectivity index is 1.24. The van der Waals surface area contributed by atoms with Crippen LogP contribution in [0.4, 0.5) is 10.5 Å². The van der Waals surface area contributed by atoms with Crippen LogP contribution in [0.1, 0.15) is 58.4 Å². The average molecular weight is 519 g/mol. The van der Waals surface area contributed by atoms with Gasteiger partial charge in [0, 0.05) is 38.6 Å². The minimum atomic E-state index is -0.485. The van der Waals surface area contributed by atoms with E-state index in [1.807, 2.05) is 57.2 Å². The minimum Gasteiger partial charge on any atom is -0.444 e. The molecule has 1 aliphatic carbocycles. The fourth-order valence-corrected chi connectivity index (χ4v) is 5.23. The number of amides is 2. The van der Waals surface area contributed by atoms with Gasteiger partial charge >= 0.3 is 6.09 Å². The van der Waals surface area contributed by atoms with Crippen LogP contribution in [0.5, 0.6) is 0 Å². The van der Waals surface area contributed by atoms with Gasteiger partial charge in [-0.25, -0.2) is 9.78 Å². The second kappa shape index (κ2) is 11.2. The number of hydrogen-bond donors (Lipinski definition) is 1. The topological polar surface area (TPSA) is 87.9 Å². The number of hydrogen-bond acceptors (Lipinski definition) is 6. The molecule has 5 rings (SSSR count). The van der Waals surface area contributed by atoms with Crippen LogP contribution in [0.15, 0.2) is 46.9 Å². The van der Waals surface area contributed by atoms with Crippen LogP contribution >= 0.6 is 0 Å². The maximum atomic E-state index is 12.9. The summed E-state index contributed by atoms with van der Waals surface area (Å²) in [4.78, 5) is 34.1. The Morgan fingerprint density at radius 3 is 2.50 bits per heavy atom. The van der Waals surface area contributed by atoms with E-state index in [1.165, 1.54) is 6.42 Å². The third-order valence-electron chi connectivity index (χ3n) is 7.27. The highest BCUT2D eigenvalue weighted by Crippen LogP contribution is 2.32. The summed E-state index contributed by atoms with van der Waals surface area (Å²) < 4.78 is 11.7. The first-order chi connectivity index (χ1) is 18.2. The number of nitrogens with one attached hydrogen (secondary N) is 1. The highest BCUT2D eigenvalue weighted by Gasteiger charge is 2.26. The van der Waals surface area contributed by atoms with Gasteiger partial charge in [0.05, 0.1) is 11.3 Å². The number of para-hydroxylation sites is 1. The minimum absolute atomic E-state index is 0.0778. The van der Waals surface area contributed by atoms with Crippen LogP contribution in [0, 0.1) is 5.92 Å². The number of fused-ring (bicyclic) bond motifs is 1. The molecule has 202 valence electrons. The molecule has 1 saturated heterocycles. The predicted molar refractivity (Wildman–Crippen MR) is 148 cm³/mol. The first-order valence-electron chi connectivity index (χ1n) is 13.8. The smallest absolute Gasteiger partial charge is 0.410 e. The summed E-state index contributed by atoms with van der Waals surface area (Å²) in [5.41, 5.74) is 3.67. The molecule has 8 nitrogen and oxygen atoms in total. The van der Waals surface area contributed by atoms with Crippen molar-refractivity contribution in [3.8, 4) is 11.5 Å². The van der Waals surface area contributed by atoms with Crippen molar-refractivity contribution in [1.82, 2.24) is 14.8 Å². The van der Waals surface area contributed by atoms with Gasteiger partial charge in [0.1, 0.15) is 11.1 Å². The molecule has 1 aliphatic heterocycles. The van der Waals surface area contributed by atoms with E-state index >= 15 is 0 Å². The molecule has 3 aromatic rings. The Labute approximate surface area is 224 Å². The predicted octanol–water partition coefficient (Wildman–Crippen LogP) is 6.07. The van der Waals surface area contributed by atoms with Gasteiger partial charge in [0.25, 0.3) is 0 Å². The Morgan fingerprint density at radius 1 is 1.03 bits per heavy atom. The maximum Gasteiger partial charge on any atom is 0.410 e. The molecule has 8 heteroatoms. The fraction of sp³-hybridized carbons (Fsp3) is 0.500. The number of oxazole rings is 1. The molecule has 2 aromatic carbocycles. The molecule has 0 atom stereocenters. The summed E-state index contributed by atoms with van der Waals surface area (Å²) in [7, 11) is 0. The van der Waals surface area contributed by atoms with Crippen molar-refractivity contribution in [2.45, 2.75) is 65.0 Å². The van der Waals surface area contributed by atoms with Crippen molar-refractivity contribution in [1.29, 1.82) is 0 Å². The monoisotopic (exact) mass is 518 g/mol. The van der Waals surface area contributed by atoms with E-state index in [2.05, 4.69) is 16.3 Å². The Kier molecular flexibility index (Phi) is 7.70. The highest BCUT2D eigenvalue weighted by atomic mass is 16.6. The van der Waals surface area contributed by atoms with Crippen molar-refractivity contribution in [2.24, 2.45) is 5.92 Å². The van der Waals surface area contributed by atoms with E-state index in [-0.39, 0.29) is 17.9 Å². The standard InChI is InChI=1S/C30H38N4O4/c1-30(2,3)38-29(36)34-17-15-33(16-18-34)20-21-13-14-25-26(19-21)37-28(32-25)23-11-7-8-12-24(23)31-27(35)22-9-5-4-6-10-22/h7-8,11-14,19,22H,4-6,9-10,15-18,20H2,1-3H3,(H,31,35). The van der Waals surface area contributed by atoms with Crippen LogP contribution in [0.2, 0.25) is 0 Å². The van der Waals surface area contributed by atoms with Gasteiger partial charge in [-0.3, -0.25) is 9.69 Å². The van der Waals surface area contributed by atoms with Crippen LogP contribution in [0.3, 0.4) is 0 Å². The first-order valence-corrected chi connectivity index (χ1v) is 13.8. The molecule has 1 saturated carbocycles. The zero-order valence-electron chi connectivity index (χ0n) is 22.7. The number of benzene rings is 2. The van der Waals surface area contributed by atoms with Crippen LogP contribution in [0.25, 0.3) is 22.6 Å². The summed E-state index contributed by atoms with van der Waals surface area (Å²) in [6.45, 7) is 9.29. The molecular formula is C30H38N4O4. The first kappa shape index (κ1) is 26.2. The molecule has 0 unspecified atom stereocenters.